The highest BCUT2D eigenvalue weighted by molar-refractivity contribution is 6.04. The predicted octanol–water partition coefficient (Wildman–Crippen LogP) is 3.78. The number of nitrogens with zero attached hydrogens (tertiary/aromatic N) is 4. The molecule has 0 saturated heterocycles. The maximum absolute atomic E-state index is 12.8. The Morgan fingerprint density at radius 1 is 1.05 bits per heavy atom. The standard InChI is InChI=1S/C30H33N7O3/c1-18-8-13-32-21(16-18)34-25(38)20-6-4-19(5-7-20)22-23-24(31)33-14-15-37(23)26(35-22)29-9-11-30(17-29,12-10-29)36-27(39)28(2,3)40/h4-8,13-16,40H,9-12,17H2,1-3H3,(H2,31,33)(H,36,39)(H,32,34,38). The number of rotatable bonds is 6. The molecule has 40 heavy (non-hydrogen) atoms. The van der Waals surface area contributed by atoms with Gasteiger partial charge >= 0.3 is 0 Å². The summed E-state index contributed by atoms with van der Waals surface area (Å²) < 4.78 is 2.03. The van der Waals surface area contributed by atoms with Crippen molar-refractivity contribution in [2.75, 3.05) is 11.1 Å². The number of carbonyl (C=O) groups is 2. The molecule has 0 spiro atoms. The number of benzene rings is 1. The van der Waals surface area contributed by atoms with E-state index >= 15 is 0 Å². The third-order valence-corrected chi connectivity index (χ3v) is 8.41. The summed E-state index contributed by atoms with van der Waals surface area (Å²) in [5.41, 5.74) is 8.11. The van der Waals surface area contributed by atoms with E-state index in [4.69, 9.17) is 10.7 Å². The van der Waals surface area contributed by atoms with Gasteiger partial charge in [-0.05, 0) is 82.7 Å². The SMILES string of the molecule is Cc1ccnc(NC(=O)c2ccc(-c3nc(C45CCC(NC(=O)C(C)(C)O)(CC4)C5)n4ccnc(N)c34)cc2)c1. The van der Waals surface area contributed by atoms with Crippen molar-refractivity contribution >= 4 is 29.0 Å². The van der Waals surface area contributed by atoms with Gasteiger partial charge in [0.15, 0.2) is 0 Å². The second kappa shape index (κ2) is 9.12. The number of imidazole rings is 1. The molecule has 2 aliphatic carbocycles. The summed E-state index contributed by atoms with van der Waals surface area (Å²) in [7, 11) is 0. The molecular weight excluding hydrogens is 506 g/mol. The van der Waals surface area contributed by atoms with Gasteiger partial charge in [-0.15, -0.1) is 0 Å². The lowest BCUT2D eigenvalue weighted by atomic mass is 9.83. The van der Waals surface area contributed by atoms with Gasteiger partial charge in [-0.3, -0.25) is 14.0 Å². The number of nitrogens with one attached hydrogen (secondary N) is 2. The first-order valence-electron chi connectivity index (χ1n) is 13.5. The topological polar surface area (TPSA) is 148 Å². The fourth-order valence-electron chi connectivity index (χ4n) is 6.29. The number of aliphatic hydroxyl groups is 1. The number of carbonyl (C=O) groups excluding carboxylic acids is 2. The Balaban J connectivity index is 1.32. The van der Waals surface area contributed by atoms with Crippen LogP contribution in [0.2, 0.25) is 0 Å². The van der Waals surface area contributed by atoms with Gasteiger partial charge < -0.3 is 21.5 Å². The lowest BCUT2D eigenvalue weighted by Crippen LogP contribution is -2.52. The second-order valence-electron chi connectivity index (χ2n) is 11.8. The van der Waals surface area contributed by atoms with Gasteiger partial charge in [-0.2, -0.15) is 0 Å². The first-order valence-corrected chi connectivity index (χ1v) is 13.5. The van der Waals surface area contributed by atoms with E-state index in [-0.39, 0.29) is 22.8 Å². The summed E-state index contributed by atoms with van der Waals surface area (Å²) in [5, 5.41) is 16.2. The highest BCUT2D eigenvalue weighted by Crippen LogP contribution is 2.57. The predicted molar refractivity (Wildman–Crippen MR) is 152 cm³/mol. The Kier molecular flexibility index (Phi) is 5.92. The highest BCUT2D eigenvalue weighted by atomic mass is 16.3. The number of nitrogen functional groups attached to an aromatic ring is 1. The zero-order valence-corrected chi connectivity index (χ0v) is 22.9. The van der Waals surface area contributed by atoms with Crippen LogP contribution < -0.4 is 16.4 Å². The summed E-state index contributed by atoms with van der Waals surface area (Å²) in [6.07, 6.45) is 9.34. The zero-order valence-electron chi connectivity index (χ0n) is 22.9. The van der Waals surface area contributed by atoms with Gasteiger partial charge in [-0.1, -0.05) is 12.1 Å². The van der Waals surface area contributed by atoms with Crippen LogP contribution in [0.15, 0.2) is 55.0 Å². The van der Waals surface area contributed by atoms with Crippen molar-refractivity contribution in [3.05, 3.63) is 71.9 Å². The quantitative estimate of drug-likeness (QED) is 0.291. The monoisotopic (exact) mass is 539 g/mol. The molecule has 0 aliphatic heterocycles. The molecule has 2 aliphatic rings. The molecule has 206 valence electrons. The van der Waals surface area contributed by atoms with Crippen molar-refractivity contribution < 1.29 is 14.7 Å². The number of pyridine rings is 1. The maximum Gasteiger partial charge on any atom is 0.256 e. The molecule has 10 heteroatoms. The first kappa shape index (κ1) is 25.9. The van der Waals surface area contributed by atoms with Crippen LogP contribution in [0.1, 0.15) is 67.7 Å². The van der Waals surface area contributed by atoms with Crippen LogP contribution in [0.25, 0.3) is 16.8 Å². The molecule has 0 radical (unpaired) electrons. The van der Waals surface area contributed by atoms with Crippen molar-refractivity contribution in [2.24, 2.45) is 0 Å². The van der Waals surface area contributed by atoms with Gasteiger partial charge in [0, 0.05) is 40.7 Å². The molecule has 2 bridgehead atoms. The van der Waals surface area contributed by atoms with Crippen molar-refractivity contribution in [1.82, 2.24) is 24.7 Å². The molecule has 10 nitrogen and oxygen atoms in total. The van der Waals surface area contributed by atoms with Gasteiger partial charge in [0.25, 0.3) is 11.8 Å². The van der Waals surface area contributed by atoms with E-state index < -0.39 is 5.60 Å². The summed E-state index contributed by atoms with van der Waals surface area (Å²) in [4.78, 5) is 39.2. The molecule has 0 unspecified atom stereocenters. The summed E-state index contributed by atoms with van der Waals surface area (Å²) >= 11 is 0. The van der Waals surface area contributed by atoms with Crippen LogP contribution >= 0.6 is 0 Å². The summed E-state index contributed by atoms with van der Waals surface area (Å²) in [6.45, 7) is 4.96. The lowest BCUT2D eigenvalue weighted by Gasteiger charge is -2.31. The van der Waals surface area contributed by atoms with Crippen LogP contribution in [0.5, 0.6) is 0 Å². The van der Waals surface area contributed by atoms with Crippen LogP contribution in [0, 0.1) is 6.92 Å². The highest BCUT2D eigenvalue weighted by Gasteiger charge is 2.58. The Bertz CT molecular complexity index is 1630. The smallest absolute Gasteiger partial charge is 0.256 e. The Morgan fingerprint density at radius 2 is 1.77 bits per heavy atom. The fourth-order valence-corrected chi connectivity index (χ4v) is 6.29. The molecule has 5 N–H and O–H groups in total. The van der Waals surface area contributed by atoms with Crippen molar-refractivity contribution in [3.63, 3.8) is 0 Å². The molecule has 2 saturated carbocycles. The van der Waals surface area contributed by atoms with Crippen molar-refractivity contribution in [1.29, 1.82) is 0 Å². The van der Waals surface area contributed by atoms with E-state index in [1.807, 2.05) is 41.8 Å². The Labute approximate surface area is 232 Å². The van der Waals surface area contributed by atoms with E-state index in [9.17, 15) is 14.7 Å². The van der Waals surface area contributed by atoms with E-state index in [0.717, 1.165) is 54.6 Å². The Hall–Kier alpha value is -4.31. The van der Waals surface area contributed by atoms with Crippen LogP contribution in [-0.4, -0.2) is 47.4 Å². The third-order valence-electron chi connectivity index (χ3n) is 8.41. The minimum Gasteiger partial charge on any atom is -0.382 e. The van der Waals surface area contributed by atoms with Crippen LogP contribution in [0.4, 0.5) is 11.6 Å². The van der Waals surface area contributed by atoms with E-state index in [2.05, 4.69) is 20.6 Å². The van der Waals surface area contributed by atoms with Crippen molar-refractivity contribution in [2.45, 2.75) is 69.4 Å². The number of aromatic nitrogens is 4. The maximum atomic E-state index is 12.8. The average Bonchev–Trinajstić information content (AvgIpc) is 3.59. The largest absolute Gasteiger partial charge is 0.382 e. The second-order valence-corrected chi connectivity index (χ2v) is 11.8. The number of hydrogen-bond donors (Lipinski definition) is 4. The van der Waals surface area contributed by atoms with Crippen molar-refractivity contribution in [3.8, 4) is 11.3 Å². The normalized spacial score (nSPS) is 22.0. The molecular formula is C30H33N7O3. The van der Waals surface area contributed by atoms with Crippen LogP contribution in [0.3, 0.4) is 0 Å². The summed E-state index contributed by atoms with van der Waals surface area (Å²) in [5.74, 6) is 1.17. The van der Waals surface area contributed by atoms with E-state index in [1.165, 1.54) is 13.8 Å². The number of amides is 2. The Morgan fingerprint density at radius 3 is 2.45 bits per heavy atom. The number of fused-ring (bicyclic) bond motifs is 3. The van der Waals surface area contributed by atoms with Crippen LogP contribution in [-0.2, 0) is 10.2 Å². The fraction of sp³-hybridized carbons (Fsp3) is 0.367. The number of hydrogen-bond acceptors (Lipinski definition) is 7. The third kappa shape index (κ3) is 4.38. The van der Waals surface area contributed by atoms with E-state index in [1.54, 1.807) is 24.5 Å². The van der Waals surface area contributed by atoms with Gasteiger partial charge in [0.05, 0.1) is 0 Å². The molecule has 1 aromatic carbocycles. The van der Waals surface area contributed by atoms with Gasteiger partial charge in [-0.25, -0.2) is 15.0 Å². The molecule has 6 rings (SSSR count). The zero-order chi connectivity index (χ0) is 28.3. The van der Waals surface area contributed by atoms with E-state index in [0.29, 0.717) is 22.9 Å². The molecule has 3 heterocycles. The number of aryl methyl sites for hydroxylation is 1. The molecule has 2 amide bonds. The molecule has 2 fully saturated rings. The van der Waals surface area contributed by atoms with Gasteiger partial charge in [0.1, 0.15) is 34.3 Å². The minimum absolute atomic E-state index is 0.234. The summed E-state index contributed by atoms with van der Waals surface area (Å²) in [6, 6.07) is 10.9. The molecule has 0 atom stereocenters. The molecule has 4 aromatic rings. The molecule has 3 aromatic heterocycles. The average molecular weight is 540 g/mol. The lowest BCUT2D eigenvalue weighted by molar-refractivity contribution is -0.138. The first-order chi connectivity index (χ1) is 19.0. The number of nitrogens with two attached hydrogens (primary N) is 1. The number of anilines is 2. The minimum atomic E-state index is -1.44. The van der Waals surface area contributed by atoms with Gasteiger partial charge in [0.2, 0.25) is 0 Å².